The molecule has 0 saturated heterocycles. The van der Waals surface area contributed by atoms with Crippen LogP contribution in [0.5, 0.6) is 0 Å². The number of aliphatic hydroxyl groups is 1. The zero-order chi connectivity index (χ0) is 8.32. The van der Waals surface area contributed by atoms with Crippen LogP contribution in [0, 0.1) is 6.07 Å². The first-order chi connectivity index (χ1) is 5.08. The molecule has 1 rings (SSSR count). The van der Waals surface area contributed by atoms with E-state index in [9.17, 15) is 5.11 Å². The van der Waals surface area contributed by atoms with Crippen molar-refractivity contribution in [3.8, 4) is 0 Å². The van der Waals surface area contributed by atoms with Gasteiger partial charge in [-0.05, 0) is 19.9 Å². The lowest BCUT2D eigenvalue weighted by Crippen LogP contribution is -2.22. The average Bonchev–Trinajstić information content (AvgIpc) is 1.85. The highest BCUT2D eigenvalue weighted by molar-refractivity contribution is 5.04. The predicted octanol–water partition coefficient (Wildman–Crippen LogP) is 1.20. The summed E-state index contributed by atoms with van der Waals surface area (Å²) < 4.78 is 0. The van der Waals surface area contributed by atoms with Gasteiger partial charge in [0, 0.05) is 24.4 Å². The normalized spacial score (nSPS) is 11.5. The molecule has 0 spiro atoms. The molecule has 0 saturated carbocycles. The van der Waals surface area contributed by atoms with E-state index in [0.29, 0.717) is 6.42 Å². The Morgan fingerprint density at radius 3 is 2.82 bits per heavy atom. The molecule has 0 aliphatic carbocycles. The van der Waals surface area contributed by atoms with Crippen molar-refractivity contribution in [2.45, 2.75) is 25.9 Å². The van der Waals surface area contributed by atoms with Crippen molar-refractivity contribution < 1.29 is 5.11 Å². The molecule has 0 aliphatic heterocycles. The Morgan fingerprint density at radius 1 is 1.64 bits per heavy atom. The van der Waals surface area contributed by atoms with Crippen LogP contribution in [0.3, 0.4) is 0 Å². The van der Waals surface area contributed by atoms with Gasteiger partial charge in [0.2, 0.25) is 0 Å². The summed E-state index contributed by atoms with van der Waals surface area (Å²) in [7, 11) is 0. The van der Waals surface area contributed by atoms with Crippen molar-refractivity contribution in [3.63, 3.8) is 0 Å². The molecule has 11 heavy (non-hydrogen) atoms. The summed E-state index contributed by atoms with van der Waals surface area (Å²) in [4.78, 5) is 4.05. The Bertz CT molecular complexity index is 213. The standard InChI is InChI=1S/C9H12NO/c1-9(2,11)7-8-5-3-4-6-10-8/h3,5-6,11H,7H2,1-2H3. The third-order valence-corrected chi connectivity index (χ3v) is 1.29. The van der Waals surface area contributed by atoms with Gasteiger partial charge in [-0.1, -0.05) is 6.07 Å². The van der Waals surface area contributed by atoms with Crippen LogP contribution in [0.25, 0.3) is 0 Å². The SMILES string of the molecule is CC(C)(O)Cc1cc[c]cn1. The number of aromatic nitrogens is 1. The van der Waals surface area contributed by atoms with Crippen LogP contribution in [0.2, 0.25) is 0 Å². The van der Waals surface area contributed by atoms with Crippen LogP contribution in [-0.4, -0.2) is 15.7 Å². The second kappa shape index (κ2) is 3.01. The third-order valence-electron chi connectivity index (χ3n) is 1.29. The fraction of sp³-hybridized carbons (Fsp3) is 0.444. The first-order valence-corrected chi connectivity index (χ1v) is 3.61. The van der Waals surface area contributed by atoms with E-state index in [4.69, 9.17) is 0 Å². The number of pyridine rings is 1. The van der Waals surface area contributed by atoms with Gasteiger partial charge in [-0.3, -0.25) is 4.98 Å². The van der Waals surface area contributed by atoms with Crippen LogP contribution in [0.1, 0.15) is 19.5 Å². The molecule has 2 nitrogen and oxygen atoms in total. The van der Waals surface area contributed by atoms with Gasteiger partial charge in [-0.2, -0.15) is 0 Å². The Labute approximate surface area is 66.9 Å². The zero-order valence-electron chi connectivity index (χ0n) is 6.83. The highest BCUT2D eigenvalue weighted by Crippen LogP contribution is 2.08. The first kappa shape index (κ1) is 8.21. The van der Waals surface area contributed by atoms with E-state index in [1.54, 1.807) is 26.1 Å². The van der Waals surface area contributed by atoms with E-state index in [1.807, 2.05) is 6.07 Å². The topological polar surface area (TPSA) is 33.1 Å². The Morgan fingerprint density at radius 2 is 2.36 bits per heavy atom. The van der Waals surface area contributed by atoms with Crippen molar-refractivity contribution in [1.29, 1.82) is 0 Å². The van der Waals surface area contributed by atoms with Crippen LogP contribution in [0.4, 0.5) is 0 Å². The molecule has 1 N–H and O–H groups in total. The third kappa shape index (κ3) is 3.14. The van der Waals surface area contributed by atoms with Crippen LogP contribution >= 0.6 is 0 Å². The fourth-order valence-electron chi connectivity index (χ4n) is 0.898. The molecule has 2 heteroatoms. The van der Waals surface area contributed by atoms with E-state index in [0.717, 1.165) is 5.69 Å². The van der Waals surface area contributed by atoms with Gasteiger partial charge in [0.15, 0.2) is 0 Å². The van der Waals surface area contributed by atoms with E-state index in [1.165, 1.54) is 0 Å². The molecule has 1 heterocycles. The maximum atomic E-state index is 9.42. The van der Waals surface area contributed by atoms with Gasteiger partial charge < -0.3 is 5.11 Å². The number of hydrogen-bond donors (Lipinski definition) is 1. The predicted molar refractivity (Wildman–Crippen MR) is 43.1 cm³/mol. The molecule has 59 valence electrons. The first-order valence-electron chi connectivity index (χ1n) is 3.61. The molecule has 0 bridgehead atoms. The molecule has 1 aromatic rings. The van der Waals surface area contributed by atoms with Crippen molar-refractivity contribution >= 4 is 0 Å². The van der Waals surface area contributed by atoms with E-state index in [2.05, 4.69) is 11.1 Å². The van der Waals surface area contributed by atoms with Crippen LogP contribution in [-0.2, 0) is 6.42 Å². The van der Waals surface area contributed by atoms with Crippen molar-refractivity contribution in [1.82, 2.24) is 4.98 Å². The largest absolute Gasteiger partial charge is 0.390 e. The Balaban J connectivity index is 2.66. The number of hydrogen-bond acceptors (Lipinski definition) is 2. The molecule has 0 atom stereocenters. The maximum absolute atomic E-state index is 9.42. The lowest BCUT2D eigenvalue weighted by atomic mass is 10.0. The summed E-state index contributed by atoms with van der Waals surface area (Å²) >= 11 is 0. The van der Waals surface area contributed by atoms with E-state index >= 15 is 0 Å². The Kier molecular flexibility index (Phi) is 2.25. The van der Waals surface area contributed by atoms with Crippen molar-refractivity contribution in [2.24, 2.45) is 0 Å². The molecule has 0 aliphatic rings. The quantitative estimate of drug-likeness (QED) is 0.687. The summed E-state index contributed by atoms with van der Waals surface area (Å²) in [6.45, 7) is 3.54. The molecular weight excluding hydrogens is 138 g/mol. The van der Waals surface area contributed by atoms with Gasteiger partial charge in [-0.25, -0.2) is 0 Å². The smallest absolute Gasteiger partial charge is 0.0647 e. The summed E-state index contributed by atoms with van der Waals surface area (Å²) in [5, 5.41) is 9.42. The van der Waals surface area contributed by atoms with Crippen molar-refractivity contribution in [2.75, 3.05) is 0 Å². The van der Waals surface area contributed by atoms with Crippen LogP contribution in [0.15, 0.2) is 18.3 Å². The van der Waals surface area contributed by atoms with Gasteiger partial charge >= 0.3 is 0 Å². The Hall–Kier alpha value is -0.890. The monoisotopic (exact) mass is 150 g/mol. The molecule has 1 aromatic heterocycles. The van der Waals surface area contributed by atoms with Gasteiger partial charge in [-0.15, -0.1) is 0 Å². The van der Waals surface area contributed by atoms with Gasteiger partial charge in [0.1, 0.15) is 0 Å². The minimum absolute atomic E-state index is 0.585. The maximum Gasteiger partial charge on any atom is 0.0647 e. The number of rotatable bonds is 2. The van der Waals surface area contributed by atoms with Gasteiger partial charge in [0.05, 0.1) is 5.60 Å². The molecular formula is C9H12NO. The molecule has 0 amide bonds. The molecule has 0 unspecified atom stereocenters. The second-order valence-electron chi connectivity index (χ2n) is 3.24. The summed E-state index contributed by atoms with van der Waals surface area (Å²) in [6.07, 6.45) is 2.20. The molecule has 0 aromatic carbocycles. The summed E-state index contributed by atoms with van der Waals surface area (Å²) in [5.41, 5.74) is 0.227. The number of nitrogens with zero attached hydrogens (tertiary/aromatic N) is 1. The molecule has 0 fully saturated rings. The average molecular weight is 150 g/mol. The summed E-state index contributed by atoms with van der Waals surface area (Å²) in [6, 6.07) is 6.48. The van der Waals surface area contributed by atoms with Crippen molar-refractivity contribution in [3.05, 3.63) is 30.1 Å². The highest BCUT2D eigenvalue weighted by atomic mass is 16.3. The lowest BCUT2D eigenvalue weighted by molar-refractivity contribution is 0.0799. The fourth-order valence-corrected chi connectivity index (χ4v) is 0.898. The van der Waals surface area contributed by atoms with E-state index in [-0.39, 0.29) is 0 Å². The minimum Gasteiger partial charge on any atom is -0.390 e. The van der Waals surface area contributed by atoms with Gasteiger partial charge in [0.25, 0.3) is 0 Å². The molecule has 1 radical (unpaired) electrons. The van der Waals surface area contributed by atoms with E-state index < -0.39 is 5.60 Å². The lowest BCUT2D eigenvalue weighted by Gasteiger charge is -2.15. The summed E-state index contributed by atoms with van der Waals surface area (Å²) in [5.74, 6) is 0. The van der Waals surface area contributed by atoms with Crippen LogP contribution < -0.4 is 0 Å². The second-order valence-corrected chi connectivity index (χ2v) is 3.24. The zero-order valence-corrected chi connectivity index (χ0v) is 6.83. The minimum atomic E-state index is -0.672. The highest BCUT2D eigenvalue weighted by Gasteiger charge is 2.13.